The number of methoxy groups -OCH3 is 2. The first kappa shape index (κ1) is 16.8. The topological polar surface area (TPSA) is 90.7 Å². The van der Waals surface area contributed by atoms with Crippen molar-refractivity contribution in [1.29, 1.82) is 0 Å². The second kappa shape index (κ2) is 6.49. The van der Waals surface area contributed by atoms with E-state index in [2.05, 4.69) is 10.1 Å². The molecule has 0 heterocycles. The third-order valence-corrected chi connectivity index (χ3v) is 2.67. The van der Waals surface area contributed by atoms with Gasteiger partial charge in [-0.25, -0.2) is 9.18 Å². The Hall–Kier alpha value is -2.22. The van der Waals surface area contributed by atoms with Gasteiger partial charge in [-0.3, -0.25) is 10.1 Å². The van der Waals surface area contributed by atoms with Gasteiger partial charge in [0.05, 0.1) is 35.8 Å². The van der Waals surface area contributed by atoms with Crippen LogP contribution in [0.3, 0.4) is 0 Å². The number of ether oxygens (including phenoxy) is 2. The fraction of sp³-hybridized carbons (Fsp3) is 0.462. The van der Waals surface area contributed by atoms with E-state index in [1.807, 2.05) is 0 Å². The molecule has 0 saturated carbocycles. The minimum atomic E-state index is -1.01. The zero-order chi connectivity index (χ0) is 16.2. The van der Waals surface area contributed by atoms with Crippen LogP contribution in [0.5, 0.6) is 0 Å². The maximum atomic E-state index is 13.8. The van der Waals surface area contributed by atoms with Gasteiger partial charge in [0.15, 0.2) is 0 Å². The first-order chi connectivity index (χ1) is 9.71. The highest BCUT2D eigenvalue weighted by atomic mass is 19.1. The summed E-state index contributed by atoms with van der Waals surface area (Å²) in [6.07, 6.45) is 0. The van der Waals surface area contributed by atoms with Crippen molar-refractivity contribution in [2.75, 3.05) is 26.1 Å². The molecule has 0 aliphatic heterocycles. The second-order valence-electron chi connectivity index (χ2n) is 5.04. The van der Waals surface area contributed by atoms with Crippen molar-refractivity contribution >= 4 is 17.3 Å². The number of carbonyl (C=O) groups is 1. The number of nitrogens with one attached hydrogen (secondary N) is 1. The molecule has 1 aromatic carbocycles. The number of esters is 1. The van der Waals surface area contributed by atoms with Crippen molar-refractivity contribution in [3.05, 3.63) is 33.6 Å². The molecule has 0 unspecified atom stereocenters. The Kier molecular flexibility index (Phi) is 5.20. The van der Waals surface area contributed by atoms with Crippen molar-refractivity contribution in [3.63, 3.8) is 0 Å². The average Bonchev–Trinajstić information content (AvgIpc) is 2.38. The number of nitro benzene ring substituents is 1. The summed E-state index contributed by atoms with van der Waals surface area (Å²) in [6.45, 7) is 3.76. The smallest absolute Gasteiger partial charge is 0.340 e. The molecule has 0 fully saturated rings. The van der Waals surface area contributed by atoms with E-state index in [4.69, 9.17) is 4.74 Å². The lowest BCUT2D eigenvalue weighted by Gasteiger charge is -2.26. The highest BCUT2D eigenvalue weighted by Crippen LogP contribution is 2.30. The first-order valence-corrected chi connectivity index (χ1v) is 6.05. The summed E-state index contributed by atoms with van der Waals surface area (Å²) in [7, 11) is 2.59. The van der Waals surface area contributed by atoms with Crippen LogP contribution in [0.1, 0.15) is 24.2 Å². The predicted molar refractivity (Wildman–Crippen MR) is 74.0 cm³/mol. The highest BCUT2D eigenvalue weighted by Gasteiger charge is 2.26. The van der Waals surface area contributed by atoms with Gasteiger partial charge in [0, 0.05) is 7.11 Å². The van der Waals surface area contributed by atoms with Gasteiger partial charge < -0.3 is 14.8 Å². The van der Waals surface area contributed by atoms with Crippen LogP contribution < -0.4 is 5.32 Å². The molecule has 0 saturated heterocycles. The Balaban J connectivity index is 3.33. The van der Waals surface area contributed by atoms with E-state index in [1.165, 1.54) is 7.11 Å². The number of nitrogens with zero attached hydrogens (tertiary/aromatic N) is 1. The molecule has 0 amide bonds. The van der Waals surface area contributed by atoms with Gasteiger partial charge >= 0.3 is 5.97 Å². The Morgan fingerprint density at radius 3 is 2.52 bits per heavy atom. The Morgan fingerprint density at radius 2 is 2.05 bits per heavy atom. The monoisotopic (exact) mass is 300 g/mol. The van der Waals surface area contributed by atoms with E-state index < -0.39 is 27.9 Å². The first-order valence-electron chi connectivity index (χ1n) is 6.05. The molecule has 8 heteroatoms. The van der Waals surface area contributed by atoms with Crippen molar-refractivity contribution in [2.45, 2.75) is 19.4 Å². The number of benzene rings is 1. The summed E-state index contributed by atoms with van der Waals surface area (Å²) in [5.41, 5.74) is -1.47. The summed E-state index contributed by atoms with van der Waals surface area (Å²) in [4.78, 5) is 21.8. The highest BCUT2D eigenvalue weighted by molar-refractivity contribution is 5.92. The lowest BCUT2D eigenvalue weighted by atomic mass is 10.0. The number of carbonyl (C=O) groups excluding carboxylic acids is 1. The lowest BCUT2D eigenvalue weighted by molar-refractivity contribution is -0.384. The second-order valence-corrected chi connectivity index (χ2v) is 5.04. The van der Waals surface area contributed by atoms with E-state index >= 15 is 0 Å². The summed E-state index contributed by atoms with van der Waals surface area (Å²) in [5.74, 6) is -1.92. The maximum absolute atomic E-state index is 13.8. The molecular weight excluding hydrogens is 283 g/mol. The molecule has 0 spiro atoms. The van der Waals surface area contributed by atoms with Gasteiger partial charge in [-0.15, -0.1) is 0 Å². The number of nitro groups is 1. The minimum absolute atomic E-state index is 0.0175. The lowest BCUT2D eigenvalue weighted by Crippen LogP contribution is -2.36. The summed E-state index contributed by atoms with van der Waals surface area (Å²) < 4.78 is 23.2. The van der Waals surface area contributed by atoms with Gasteiger partial charge in [-0.1, -0.05) is 0 Å². The summed E-state index contributed by atoms with van der Waals surface area (Å²) in [6, 6.07) is 1.76. The van der Waals surface area contributed by atoms with Crippen molar-refractivity contribution in [3.8, 4) is 0 Å². The summed E-state index contributed by atoms with van der Waals surface area (Å²) >= 11 is 0. The summed E-state index contributed by atoms with van der Waals surface area (Å²) in [5, 5.41) is 13.9. The Bertz CT molecular complexity index is 560. The molecule has 7 nitrogen and oxygen atoms in total. The van der Waals surface area contributed by atoms with Gasteiger partial charge in [-0.05, 0) is 19.9 Å². The molecule has 116 valence electrons. The van der Waals surface area contributed by atoms with Gasteiger partial charge in [0.1, 0.15) is 11.5 Å². The molecule has 0 aromatic heterocycles. The fourth-order valence-corrected chi connectivity index (χ4v) is 1.84. The maximum Gasteiger partial charge on any atom is 0.340 e. The molecule has 0 bridgehead atoms. The van der Waals surface area contributed by atoms with E-state index in [0.29, 0.717) is 6.07 Å². The number of anilines is 1. The average molecular weight is 300 g/mol. The van der Waals surface area contributed by atoms with Gasteiger partial charge in [0.25, 0.3) is 5.69 Å². The molecule has 0 atom stereocenters. The number of hydrogen-bond acceptors (Lipinski definition) is 6. The Morgan fingerprint density at radius 1 is 1.43 bits per heavy atom. The predicted octanol–water partition coefficient (Wildman–Crippen LogP) is 2.36. The van der Waals surface area contributed by atoms with Crippen LogP contribution in [0.4, 0.5) is 15.8 Å². The molecule has 0 aliphatic rings. The normalized spacial score (nSPS) is 11.1. The SMILES string of the molecule is COCC(C)(C)Nc1cc(C(=O)OC)c(F)cc1[N+](=O)[O-]. The number of rotatable bonds is 6. The Labute approximate surface area is 121 Å². The third kappa shape index (κ3) is 4.12. The molecule has 0 radical (unpaired) electrons. The minimum Gasteiger partial charge on any atom is -0.465 e. The quantitative estimate of drug-likeness (QED) is 0.492. The van der Waals surface area contributed by atoms with Crippen LogP contribution in [0, 0.1) is 15.9 Å². The molecule has 1 rings (SSSR count). The van der Waals surface area contributed by atoms with Crippen LogP contribution in [0.25, 0.3) is 0 Å². The third-order valence-electron chi connectivity index (χ3n) is 2.67. The molecular formula is C13H17FN2O5. The van der Waals surface area contributed by atoms with E-state index in [1.54, 1.807) is 13.8 Å². The van der Waals surface area contributed by atoms with Crippen molar-refractivity contribution < 1.29 is 23.6 Å². The van der Waals surface area contributed by atoms with Crippen molar-refractivity contribution in [2.24, 2.45) is 0 Å². The zero-order valence-corrected chi connectivity index (χ0v) is 12.2. The van der Waals surface area contributed by atoms with Crippen LogP contribution in [0.15, 0.2) is 12.1 Å². The van der Waals surface area contributed by atoms with E-state index in [0.717, 1.165) is 13.2 Å². The van der Waals surface area contributed by atoms with E-state index in [9.17, 15) is 19.3 Å². The van der Waals surface area contributed by atoms with Crippen LogP contribution in [-0.4, -0.2) is 37.3 Å². The molecule has 1 N–H and O–H groups in total. The van der Waals surface area contributed by atoms with Crippen LogP contribution in [-0.2, 0) is 9.47 Å². The molecule has 1 aromatic rings. The van der Waals surface area contributed by atoms with Gasteiger partial charge in [-0.2, -0.15) is 0 Å². The van der Waals surface area contributed by atoms with Gasteiger partial charge in [0.2, 0.25) is 0 Å². The van der Waals surface area contributed by atoms with E-state index in [-0.39, 0.29) is 17.9 Å². The zero-order valence-electron chi connectivity index (χ0n) is 12.2. The largest absolute Gasteiger partial charge is 0.465 e. The van der Waals surface area contributed by atoms with Crippen LogP contribution in [0.2, 0.25) is 0 Å². The standard InChI is InChI=1S/C13H17FN2O5/c1-13(2,7-20-3)15-10-5-8(12(17)21-4)9(14)6-11(10)16(18)19/h5-6,15H,7H2,1-4H3. The fourth-order valence-electron chi connectivity index (χ4n) is 1.84. The van der Waals surface area contributed by atoms with Crippen molar-refractivity contribution in [1.82, 2.24) is 0 Å². The molecule has 0 aliphatic carbocycles. The number of hydrogen-bond donors (Lipinski definition) is 1. The van der Waals surface area contributed by atoms with Crippen LogP contribution >= 0.6 is 0 Å². The molecule has 21 heavy (non-hydrogen) atoms. The number of halogens is 1.